The number of dihydropyridines is 1. The summed E-state index contributed by atoms with van der Waals surface area (Å²) in [4.78, 5) is 26.9. The number of ether oxygens (including phenoxy) is 2. The van der Waals surface area contributed by atoms with Crippen LogP contribution in [0, 0.1) is 10.8 Å². The molecule has 0 unspecified atom stereocenters. The van der Waals surface area contributed by atoms with Crippen molar-refractivity contribution >= 4 is 27.5 Å². The van der Waals surface area contributed by atoms with E-state index < -0.39 is 5.92 Å². The molecule has 0 aromatic heterocycles. The van der Waals surface area contributed by atoms with Gasteiger partial charge >= 0.3 is 0 Å². The van der Waals surface area contributed by atoms with Crippen LogP contribution in [0.25, 0.3) is 0 Å². The van der Waals surface area contributed by atoms with Gasteiger partial charge in [0.05, 0.1) is 18.2 Å². The van der Waals surface area contributed by atoms with Crippen molar-refractivity contribution in [3.05, 3.63) is 44.7 Å². The lowest BCUT2D eigenvalue weighted by Gasteiger charge is -2.44. The molecule has 0 saturated carbocycles. The van der Waals surface area contributed by atoms with E-state index in [1.807, 2.05) is 19.1 Å². The Morgan fingerprint density at radius 2 is 1.50 bits per heavy atom. The molecule has 1 aliphatic heterocycles. The summed E-state index contributed by atoms with van der Waals surface area (Å²) in [5, 5.41) is 3.56. The molecule has 4 rings (SSSR count). The fraction of sp³-hybridized carbons (Fsp3) is 0.538. The van der Waals surface area contributed by atoms with Gasteiger partial charge in [-0.3, -0.25) is 9.59 Å². The minimum atomic E-state index is -0.394. The lowest BCUT2D eigenvalue weighted by molar-refractivity contribution is -0.119. The first-order chi connectivity index (χ1) is 15.0. The number of allylic oxidation sites excluding steroid dienone is 4. The van der Waals surface area contributed by atoms with Crippen molar-refractivity contribution in [2.45, 2.75) is 66.2 Å². The number of benzene rings is 1. The Bertz CT molecular complexity index is 1010. The van der Waals surface area contributed by atoms with Crippen LogP contribution >= 0.6 is 15.9 Å². The van der Waals surface area contributed by atoms with Crippen LogP contribution in [0.15, 0.2) is 39.1 Å². The van der Waals surface area contributed by atoms with Gasteiger partial charge in [0.2, 0.25) is 0 Å². The zero-order chi connectivity index (χ0) is 23.4. The van der Waals surface area contributed by atoms with Crippen LogP contribution in [-0.2, 0) is 9.59 Å². The summed E-state index contributed by atoms with van der Waals surface area (Å²) in [6.07, 6.45) is 2.52. The Labute approximate surface area is 198 Å². The number of hydrogen-bond donors (Lipinski definition) is 1. The molecule has 0 spiro atoms. The van der Waals surface area contributed by atoms with Gasteiger partial charge in [-0.25, -0.2) is 0 Å². The molecule has 0 bridgehead atoms. The van der Waals surface area contributed by atoms with Gasteiger partial charge in [-0.2, -0.15) is 0 Å². The van der Waals surface area contributed by atoms with Gasteiger partial charge in [-0.05, 0) is 64.2 Å². The summed E-state index contributed by atoms with van der Waals surface area (Å²) in [5.74, 6) is 1.05. The predicted octanol–water partition coefficient (Wildman–Crippen LogP) is 5.83. The molecule has 0 atom stereocenters. The summed E-state index contributed by atoms with van der Waals surface area (Å²) < 4.78 is 12.1. The van der Waals surface area contributed by atoms with E-state index in [0.717, 1.165) is 45.4 Å². The van der Waals surface area contributed by atoms with Crippen molar-refractivity contribution in [2.75, 3.05) is 13.7 Å². The Hall–Kier alpha value is -2.08. The maximum atomic E-state index is 13.5. The van der Waals surface area contributed by atoms with E-state index in [2.05, 4.69) is 48.9 Å². The van der Waals surface area contributed by atoms with E-state index in [-0.39, 0.29) is 22.4 Å². The summed E-state index contributed by atoms with van der Waals surface area (Å²) in [6.45, 7) is 10.9. The summed E-state index contributed by atoms with van der Waals surface area (Å²) in [5.41, 5.74) is 4.04. The zero-order valence-electron chi connectivity index (χ0n) is 19.8. The smallest absolute Gasteiger partial charge is 0.174 e. The molecule has 1 heterocycles. The Kier molecular flexibility index (Phi) is 5.81. The van der Waals surface area contributed by atoms with Crippen molar-refractivity contribution in [3.63, 3.8) is 0 Å². The molecule has 0 amide bonds. The molecular weight excluding hydrogens is 470 g/mol. The number of nitrogens with one attached hydrogen (secondary N) is 1. The van der Waals surface area contributed by atoms with E-state index >= 15 is 0 Å². The molecule has 1 N–H and O–H groups in total. The fourth-order valence-electron chi connectivity index (χ4n) is 5.44. The van der Waals surface area contributed by atoms with E-state index in [9.17, 15) is 9.59 Å². The van der Waals surface area contributed by atoms with Crippen LogP contribution in [0.3, 0.4) is 0 Å². The first kappa shape index (κ1) is 23.1. The lowest BCUT2D eigenvalue weighted by atomic mass is 9.64. The zero-order valence-corrected chi connectivity index (χ0v) is 21.4. The Morgan fingerprint density at radius 3 is 1.97 bits per heavy atom. The Morgan fingerprint density at radius 1 is 0.969 bits per heavy atom. The van der Waals surface area contributed by atoms with Crippen LogP contribution in [-0.4, -0.2) is 25.3 Å². The number of ketones is 2. The van der Waals surface area contributed by atoms with Crippen molar-refractivity contribution < 1.29 is 19.1 Å². The second-order valence-electron chi connectivity index (χ2n) is 10.7. The van der Waals surface area contributed by atoms with Crippen LogP contribution in [0.4, 0.5) is 0 Å². The lowest BCUT2D eigenvalue weighted by Crippen LogP contribution is -2.42. The molecule has 5 nitrogen and oxygen atoms in total. The highest BCUT2D eigenvalue weighted by Gasteiger charge is 2.46. The standard InChI is InChI=1S/C26H32BrNO4/c1-7-32-20-9-14(8-15(27)24(20)31-6)21-22-16(10-25(2,3)12-18(22)29)28-17-11-26(4,5)13-19(30)23(17)21/h8-9,21,28H,7,10-13H2,1-6H3. The molecule has 1 aromatic rings. The third-order valence-corrected chi connectivity index (χ3v) is 7.18. The van der Waals surface area contributed by atoms with Crippen LogP contribution in [0.5, 0.6) is 11.5 Å². The SMILES string of the molecule is CCOc1cc(C2C3=C(CC(C)(C)CC3=O)NC3=C2C(=O)CC(C)(C)C3)cc(Br)c1OC. The minimum absolute atomic E-state index is 0.114. The molecule has 32 heavy (non-hydrogen) atoms. The third-order valence-electron chi connectivity index (χ3n) is 6.59. The number of carbonyl (C=O) groups excluding carboxylic acids is 2. The highest BCUT2D eigenvalue weighted by molar-refractivity contribution is 9.10. The number of halogens is 1. The first-order valence-corrected chi connectivity index (χ1v) is 12.1. The minimum Gasteiger partial charge on any atom is -0.492 e. The largest absolute Gasteiger partial charge is 0.492 e. The molecule has 172 valence electrons. The van der Waals surface area contributed by atoms with Crippen LogP contribution in [0.2, 0.25) is 0 Å². The fourth-order valence-corrected chi connectivity index (χ4v) is 6.06. The van der Waals surface area contributed by atoms with Gasteiger partial charge in [0, 0.05) is 41.3 Å². The molecule has 0 fully saturated rings. The van der Waals surface area contributed by atoms with Crippen LogP contribution < -0.4 is 14.8 Å². The van der Waals surface area contributed by atoms with E-state index in [1.54, 1.807) is 7.11 Å². The second-order valence-corrected chi connectivity index (χ2v) is 11.5. The molecule has 2 aliphatic carbocycles. The maximum Gasteiger partial charge on any atom is 0.174 e. The summed E-state index contributed by atoms with van der Waals surface area (Å²) >= 11 is 3.61. The average Bonchev–Trinajstić information content (AvgIpc) is 2.64. The number of methoxy groups -OCH3 is 1. The van der Waals surface area contributed by atoms with Gasteiger partial charge in [-0.1, -0.05) is 27.7 Å². The topological polar surface area (TPSA) is 64.6 Å². The molecule has 0 radical (unpaired) electrons. The Balaban J connectivity index is 1.95. The van der Waals surface area contributed by atoms with E-state index in [4.69, 9.17) is 9.47 Å². The van der Waals surface area contributed by atoms with Gasteiger partial charge < -0.3 is 14.8 Å². The molecule has 1 aromatic carbocycles. The molecule has 6 heteroatoms. The second kappa shape index (κ2) is 8.05. The quantitative estimate of drug-likeness (QED) is 0.562. The summed E-state index contributed by atoms with van der Waals surface area (Å²) in [7, 11) is 1.60. The van der Waals surface area contributed by atoms with Crippen molar-refractivity contribution in [1.29, 1.82) is 0 Å². The number of hydrogen-bond acceptors (Lipinski definition) is 5. The number of Topliss-reactive ketones (excluding diaryl/α,β-unsaturated/α-hetero) is 2. The van der Waals surface area contributed by atoms with Gasteiger partial charge in [0.1, 0.15) is 0 Å². The van der Waals surface area contributed by atoms with Gasteiger partial charge in [0.15, 0.2) is 23.1 Å². The van der Waals surface area contributed by atoms with Crippen molar-refractivity contribution in [3.8, 4) is 11.5 Å². The van der Waals surface area contributed by atoms with Crippen LogP contribution in [0.1, 0.15) is 71.8 Å². The van der Waals surface area contributed by atoms with Gasteiger partial charge in [0.25, 0.3) is 0 Å². The molecular formula is C26H32BrNO4. The molecule has 0 saturated heterocycles. The van der Waals surface area contributed by atoms with Crippen molar-refractivity contribution in [1.82, 2.24) is 5.32 Å². The summed E-state index contributed by atoms with van der Waals surface area (Å²) in [6, 6.07) is 3.89. The normalized spacial score (nSPS) is 22.3. The number of carbonyl (C=O) groups is 2. The predicted molar refractivity (Wildman–Crippen MR) is 128 cm³/mol. The van der Waals surface area contributed by atoms with Gasteiger partial charge in [-0.15, -0.1) is 0 Å². The third kappa shape index (κ3) is 4.02. The van der Waals surface area contributed by atoms with E-state index in [1.165, 1.54) is 0 Å². The highest BCUT2D eigenvalue weighted by atomic mass is 79.9. The first-order valence-electron chi connectivity index (χ1n) is 11.3. The maximum absolute atomic E-state index is 13.5. The molecule has 3 aliphatic rings. The van der Waals surface area contributed by atoms with E-state index in [0.29, 0.717) is 30.9 Å². The number of rotatable bonds is 4. The monoisotopic (exact) mass is 501 g/mol. The average molecular weight is 502 g/mol. The highest BCUT2D eigenvalue weighted by Crippen LogP contribution is 2.52. The van der Waals surface area contributed by atoms with Crippen molar-refractivity contribution in [2.24, 2.45) is 10.8 Å².